The molecular formula is C18H22ClNS. The van der Waals surface area contributed by atoms with E-state index in [0.717, 1.165) is 30.2 Å². The molecule has 2 aromatic carbocycles. The van der Waals surface area contributed by atoms with Gasteiger partial charge in [0, 0.05) is 21.7 Å². The second kappa shape index (κ2) is 9.14. The molecule has 0 bridgehead atoms. The topological polar surface area (TPSA) is 12.0 Å². The minimum atomic E-state index is 0.440. The Labute approximate surface area is 137 Å². The molecule has 112 valence electrons. The highest BCUT2D eigenvalue weighted by Crippen LogP contribution is 2.21. The number of benzene rings is 2. The van der Waals surface area contributed by atoms with Gasteiger partial charge in [-0.25, -0.2) is 0 Å². The van der Waals surface area contributed by atoms with Gasteiger partial charge in [-0.2, -0.15) is 0 Å². The molecule has 0 fully saturated rings. The van der Waals surface area contributed by atoms with Gasteiger partial charge >= 0.3 is 0 Å². The van der Waals surface area contributed by atoms with Gasteiger partial charge in [0.1, 0.15) is 0 Å². The summed E-state index contributed by atoms with van der Waals surface area (Å²) in [5.74, 6) is 1.05. The number of hydrogen-bond acceptors (Lipinski definition) is 2. The predicted molar refractivity (Wildman–Crippen MR) is 94.4 cm³/mol. The molecule has 0 radical (unpaired) electrons. The minimum Gasteiger partial charge on any atom is -0.313 e. The van der Waals surface area contributed by atoms with Crippen LogP contribution in [0.5, 0.6) is 0 Å². The van der Waals surface area contributed by atoms with Gasteiger partial charge < -0.3 is 5.32 Å². The summed E-state index contributed by atoms with van der Waals surface area (Å²) in [4.78, 5) is 1.32. The third kappa shape index (κ3) is 5.74. The van der Waals surface area contributed by atoms with Crippen LogP contribution in [0.3, 0.4) is 0 Å². The summed E-state index contributed by atoms with van der Waals surface area (Å²) >= 11 is 8.18. The van der Waals surface area contributed by atoms with Crippen molar-refractivity contribution >= 4 is 23.4 Å². The van der Waals surface area contributed by atoms with Crippen molar-refractivity contribution in [2.75, 3.05) is 12.3 Å². The SMILES string of the molecule is CCCNC(CSc1ccccc1)Cc1ccccc1Cl. The van der Waals surface area contributed by atoms with E-state index < -0.39 is 0 Å². The molecule has 2 rings (SSSR count). The smallest absolute Gasteiger partial charge is 0.0438 e. The highest BCUT2D eigenvalue weighted by molar-refractivity contribution is 7.99. The van der Waals surface area contributed by atoms with Crippen molar-refractivity contribution in [3.05, 3.63) is 65.2 Å². The number of thioether (sulfide) groups is 1. The van der Waals surface area contributed by atoms with E-state index in [4.69, 9.17) is 11.6 Å². The van der Waals surface area contributed by atoms with E-state index in [2.05, 4.69) is 54.7 Å². The van der Waals surface area contributed by atoms with Crippen molar-refractivity contribution in [3.63, 3.8) is 0 Å². The molecule has 3 heteroatoms. The number of rotatable bonds is 8. The highest BCUT2D eigenvalue weighted by Gasteiger charge is 2.11. The molecule has 0 aliphatic rings. The van der Waals surface area contributed by atoms with Gasteiger partial charge in [0.15, 0.2) is 0 Å². The van der Waals surface area contributed by atoms with Crippen molar-refractivity contribution in [3.8, 4) is 0 Å². The first-order valence-electron chi connectivity index (χ1n) is 7.44. The normalized spacial score (nSPS) is 12.3. The lowest BCUT2D eigenvalue weighted by molar-refractivity contribution is 0.550. The molecule has 21 heavy (non-hydrogen) atoms. The maximum Gasteiger partial charge on any atom is 0.0438 e. The van der Waals surface area contributed by atoms with Crippen LogP contribution in [0.1, 0.15) is 18.9 Å². The molecule has 1 N–H and O–H groups in total. The maximum atomic E-state index is 6.28. The van der Waals surface area contributed by atoms with E-state index in [-0.39, 0.29) is 0 Å². The molecule has 0 spiro atoms. The lowest BCUT2D eigenvalue weighted by atomic mass is 10.1. The first-order chi connectivity index (χ1) is 10.3. The standard InChI is InChI=1S/C18H22ClNS/c1-2-12-20-16(13-15-8-6-7-11-18(15)19)14-21-17-9-4-3-5-10-17/h3-11,16,20H,2,12-14H2,1H3. The fraction of sp³-hybridized carbons (Fsp3) is 0.333. The first-order valence-corrected chi connectivity index (χ1v) is 8.80. The molecule has 0 heterocycles. The van der Waals surface area contributed by atoms with E-state index in [1.807, 2.05) is 23.9 Å². The van der Waals surface area contributed by atoms with Gasteiger partial charge in [0.05, 0.1) is 0 Å². The fourth-order valence-electron chi connectivity index (χ4n) is 2.18. The van der Waals surface area contributed by atoms with Crippen molar-refractivity contribution in [2.45, 2.75) is 30.7 Å². The van der Waals surface area contributed by atoms with E-state index in [0.29, 0.717) is 6.04 Å². The average Bonchev–Trinajstić information content (AvgIpc) is 2.53. The van der Waals surface area contributed by atoms with Crippen LogP contribution in [0.25, 0.3) is 0 Å². The number of halogens is 1. The highest BCUT2D eigenvalue weighted by atomic mass is 35.5. The summed E-state index contributed by atoms with van der Waals surface area (Å²) in [6.45, 7) is 3.24. The largest absolute Gasteiger partial charge is 0.313 e. The lowest BCUT2D eigenvalue weighted by Gasteiger charge is -2.19. The van der Waals surface area contributed by atoms with E-state index in [1.165, 1.54) is 10.5 Å². The van der Waals surface area contributed by atoms with Crippen LogP contribution in [0, 0.1) is 0 Å². The van der Waals surface area contributed by atoms with Gasteiger partial charge in [-0.15, -0.1) is 11.8 Å². The molecule has 0 aliphatic carbocycles. The molecule has 0 aromatic heterocycles. The van der Waals surface area contributed by atoms with Gasteiger partial charge in [-0.3, -0.25) is 0 Å². The van der Waals surface area contributed by atoms with Gasteiger partial charge in [-0.1, -0.05) is 54.9 Å². The number of hydrogen-bond donors (Lipinski definition) is 1. The minimum absolute atomic E-state index is 0.440. The van der Waals surface area contributed by atoms with Crippen LogP contribution in [-0.4, -0.2) is 18.3 Å². The van der Waals surface area contributed by atoms with Gasteiger partial charge in [0.25, 0.3) is 0 Å². The molecule has 0 saturated carbocycles. The Bertz CT molecular complexity index is 530. The second-order valence-corrected chi connectivity index (χ2v) is 6.57. The van der Waals surface area contributed by atoms with E-state index >= 15 is 0 Å². The monoisotopic (exact) mass is 319 g/mol. The summed E-state index contributed by atoms with van der Waals surface area (Å²) in [5.41, 5.74) is 1.22. The molecular weight excluding hydrogens is 298 g/mol. The Balaban J connectivity index is 1.96. The van der Waals surface area contributed by atoms with E-state index in [1.54, 1.807) is 0 Å². The van der Waals surface area contributed by atoms with Crippen molar-refractivity contribution in [2.24, 2.45) is 0 Å². The summed E-state index contributed by atoms with van der Waals surface area (Å²) in [7, 11) is 0. The third-order valence-corrected chi connectivity index (χ3v) is 4.84. The summed E-state index contributed by atoms with van der Waals surface area (Å²) in [5, 5.41) is 4.50. The van der Waals surface area contributed by atoms with Crippen LogP contribution in [-0.2, 0) is 6.42 Å². The second-order valence-electron chi connectivity index (χ2n) is 5.07. The van der Waals surface area contributed by atoms with Crippen LogP contribution in [0.4, 0.5) is 0 Å². The quantitative estimate of drug-likeness (QED) is 0.684. The molecule has 2 aromatic rings. The van der Waals surface area contributed by atoms with Crippen LogP contribution in [0.2, 0.25) is 5.02 Å². The van der Waals surface area contributed by atoms with Gasteiger partial charge in [-0.05, 0) is 43.1 Å². The van der Waals surface area contributed by atoms with Crippen molar-refractivity contribution in [1.29, 1.82) is 0 Å². The molecule has 1 unspecified atom stereocenters. The third-order valence-electron chi connectivity index (χ3n) is 3.30. The van der Waals surface area contributed by atoms with Crippen LogP contribution in [0.15, 0.2) is 59.5 Å². The molecule has 0 amide bonds. The molecule has 0 saturated heterocycles. The zero-order valence-corrected chi connectivity index (χ0v) is 14.0. The number of nitrogens with one attached hydrogen (secondary N) is 1. The zero-order chi connectivity index (χ0) is 14.9. The Morgan fingerprint density at radius 1 is 1.05 bits per heavy atom. The Kier molecular flexibility index (Phi) is 7.14. The fourth-order valence-corrected chi connectivity index (χ4v) is 3.37. The summed E-state index contributed by atoms with van der Waals surface area (Å²) in [6, 6.07) is 19.1. The Morgan fingerprint density at radius 2 is 1.76 bits per heavy atom. The van der Waals surface area contributed by atoms with Crippen LogP contribution >= 0.6 is 23.4 Å². The molecule has 0 aliphatic heterocycles. The summed E-state index contributed by atoms with van der Waals surface area (Å²) in [6.07, 6.45) is 2.12. The summed E-state index contributed by atoms with van der Waals surface area (Å²) < 4.78 is 0. The van der Waals surface area contributed by atoms with Gasteiger partial charge in [0.2, 0.25) is 0 Å². The maximum absolute atomic E-state index is 6.28. The van der Waals surface area contributed by atoms with E-state index in [9.17, 15) is 0 Å². The first kappa shape index (κ1) is 16.4. The van der Waals surface area contributed by atoms with Crippen molar-refractivity contribution < 1.29 is 0 Å². The van der Waals surface area contributed by atoms with Crippen LogP contribution < -0.4 is 5.32 Å². The Morgan fingerprint density at radius 3 is 2.48 bits per heavy atom. The Hall–Kier alpha value is -0.960. The lowest BCUT2D eigenvalue weighted by Crippen LogP contribution is -2.34. The van der Waals surface area contributed by atoms with Crippen molar-refractivity contribution in [1.82, 2.24) is 5.32 Å². The average molecular weight is 320 g/mol. The molecule has 1 nitrogen and oxygen atoms in total. The predicted octanol–water partition coefficient (Wildman–Crippen LogP) is 5.04. The zero-order valence-electron chi connectivity index (χ0n) is 12.4. The molecule has 1 atom stereocenters.